The second-order valence-electron chi connectivity index (χ2n) is 5.08. The van der Waals surface area contributed by atoms with E-state index in [1.807, 2.05) is 6.07 Å². The molecule has 0 aliphatic rings. The molecule has 0 aromatic heterocycles. The Morgan fingerprint density at radius 1 is 1.20 bits per heavy atom. The van der Waals surface area contributed by atoms with Gasteiger partial charge in [0, 0.05) is 6.54 Å². The second kappa shape index (κ2) is 8.74. The standard InChI is InChI=1S/C15H23F2NO2/c1-11(2)5-4-8-18-10-12-6-7-13(19-3)14(9-12)20-15(16)17/h6-7,9,11,15,18H,4-5,8,10H2,1-3H3. The van der Waals surface area contributed by atoms with E-state index in [0.717, 1.165) is 18.5 Å². The maximum atomic E-state index is 12.3. The van der Waals surface area contributed by atoms with E-state index in [9.17, 15) is 8.78 Å². The molecule has 3 nitrogen and oxygen atoms in total. The van der Waals surface area contributed by atoms with Gasteiger partial charge in [-0.2, -0.15) is 8.78 Å². The zero-order chi connectivity index (χ0) is 15.0. The van der Waals surface area contributed by atoms with E-state index in [1.165, 1.54) is 13.5 Å². The predicted molar refractivity (Wildman–Crippen MR) is 75.4 cm³/mol. The summed E-state index contributed by atoms with van der Waals surface area (Å²) in [5, 5.41) is 3.29. The summed E-state index contributed by atoms with van der Waals surface area (Å²) in [5.74, 6) is 1.08. The second-order valence-corrected chi connectivity index (χ2v) is 5.08. The number of benzene rings is 1. The highest BCUT2D eigenvalue weighted by atomic mass is 19.3. The van der Waals surface area contributed by atoms with Crippen LogP contribution in [-0.4, -0.2) is 20.3 Å². The first-order valence-corrected chi connectivity index (χ1v) is 6.85. The molecular formula is C15H23F2NO2. The molecule has 0 spiro atoms. The summed E-state index contributed by atoms with van der Waals surface area (Å²) >= 11 is 0. The van der Waals surface area contributed by atoms with E-state index < -0.39 is 6.61 Å². The molecule has 1 aromatic rings. The van der Waals surface area contributed by atoms with Gasteiger partial charge in [0.1, 0.15) is 0 Å². The van der Waals surface area contributed by atoms with Gasteiger partial charge in [-0.1, -0.05) is 19.9 Å². The highest BCUT2D eigenvalue weighted by Crippen LogP contribution is 2.29. The Kier molecular flexibility index (Phi) is 7.30. The molecule has 0 fully saturated rings. The van der Waals surface area contributed by atoms with Gasteiger partial charge in [-0.25, -0.2) is 0 Å². The normalized spacial score (nSPS) is 11.2. The largest absolute Gasteiger partial charge is 0.493 e. The van der Waals surface area contributed by atoms with Crippen LogP contribution in [-0.2, 0) is 6.54 Å². The van der Waals surface area contributed by atoms with Crippen LogP contribution in [0.3, 0.4) is 0 Å². The molecule has 0 aliphatic carbocycles. The lowest BCUT2D eigenvalue weighted by molar-refractivity contribution is -0.0512. The van der Waals surface area contributed by atoms with Crippen LogP contribution in [0, 0.1) is 5.92 Å². The van der Waals surface area contributed by atoms with E-state index in [4.69, 9.17) is 4.74 Å². The highest BCUT2D eigenvalue weighted by molar-refractivity contribution is 5.42. The molecule has 0 saturated heterocycles. The van der Waals surface area contributed by atoms with Gasteiger partial charge in [0.15, 0.2) is 11.5 Å². The van der Waals surface area contributed by atoms with Gasteiger partial charge in [0.05, 0.1) is 7.11 Å². The molecule has 0 unspecified atom stereocenters. The van der Waals surface area contributed by atoms with Gasteiger partial charge in [-0.3, -0.25) is 0 Å². The number of alkyl halides is 2. The third-order valence-electron chi connectivity index (χ3n) is 2.91. The molecule has 114 valence electrons. The third kappa shape index (κ3) is 6.19. The fourth-order valence-electron chi connectivity index (χ4n) is 1.89. The van der Waals surface area contributed by atoms with Crippen molar-refractivity contribution in [3.05, 3.63) is 23.8 Å². The first-order chi connectivity index (χ1) is 9.52. The Hall–Kier alpha value is -1.36. The number of rotatable bonds is 9. The van der Waals surface area contributed by atoms with Gasteiger partial charge in [-0.05, 0) is 43.0 Å². The topological polar surface area (TPSA) is 30.5 Å². The van der Waals surface area contributed by atoms with Crippen molar-refractivity contribution >= 4 is 0 Å². The molecule has 0 atom stereocenters. The van der Waals surface area contributed by atoms with E-state index in [1.54, 1.807) is 12.1 Å². The van der Waals surface area contributed by atoms with Crippen molar-refractivity contribution in [1.82, 2.24) is 5.32 Å². The van der Waals surface area contributed by atoms with Crippen LogP contribution >= 0.6 is 0 Å². The lowest BCUT2D eigenvalue weighted by atomic mass is 10.1. The van der Waals surface area contributed by atoms with Gasteiger partial charge in [0.2, 0.25) is 0 Å². The molecular weight excluding hydrogens is 264 g/mol. The fraction of sp³-hybridized carbons (Fsp3) is 0.600. The van der Waals surface area contributed by atoms with E-state index in [-0.39, 0.29) is 5.75 Å². The molecule has 0 aliphatic heterocycles. The summed E-state index contributed by atoms with van der Waals surface area (Å²) in [7, 11) is 1.43. The lowest BCUT2D eigenvalue weighted by Gasteiger charge is -2.12. The minimum absolute atomic E-state index is 0.0731. The SMILES string of the molecule is COc1ccc(CNCCCC(C)C)cc1OC(F)F. The van der Waals surface area contributed by atoms with Crippen molar-refractivity contribution in [2.75, 3.05) is 13.7 Å². The molecule has 0 radical (unpaired) electrons. The van der Waals surface area contributed by atoms with Crippen LogP contribution in [0.15, 0.2) is 18.2 Å². The lowest BCUT2D eigenvalue weighted by Crippen LogP contribution is -2.15. The van der Waals surface area contributed by atoms with Crippen LogP contribution in [0.2, 0.25) is 0 Å². The van der Waals surface area contributed by atoms with Crippen molar-refractivity contribution in [3.8, 4) is 11.5 Å². The zero-order valence-corrected chi connectivity index (χ0v) is 12.3. The maximum Gasteiger partial charge on any atom is 0.387 e. The first kappa shape index (κ1) is 16.7. The Bertz CT molecular complexity index is 397. The fourth-order valence-corrected chi connectivity index (χ4v) is 1.89. The van der Waals surface area contributed by atoms with Gasteiger partial charge < -0.3 is 14.8 Å². The summed E-state index contributed by atoms with van der Waals surface area (Å²) in [4.78, 5) is 0. The van der Waals surface area contributed by atoms with Crippen LogP contribution in [0.1, 0.15) is 32.3 Å². The summed E-state index contributed by atoms with van der Waals surface area (Å²) in [6.45, 7) is 3.07. The Balaban J connectivity index is 2.49. The van der Waals surface area contributed by atoms with Crippen LogP contribution < -0.4 is 14.8 Å². The summed E-state index contributed by atoms with van der Waals surface area (Å²) in [6.07, 6.45) is 2.28. The molecule has 20 heavy (non-hydrogen) atoms. The molecule has 5 heteroatoms. The molecule has 1 N–H and O–H groups in total. The number of hydrogen-bond donors (Lipinski definition) is 1. The van der Waals surface area contributed by atoms with Crippen molar-refractivity contribution in [1.29, 1.82) is 0 Å². The minimum atomic E-state index is -2.85. The quantitative estimate of drug-likeness (QED) is 0.700. The van der Waals surface area contributed by atoms with E-state index in [0.29, 0.717) is 18.2 Å². The monoisotopic (exact) mass is 287 g/mol. The maximum absolute atomic E-state index is 12.3. The van der Waals surface area contributed by atoms with Crippen molar-refractivity contribution < 1.29 is 18.3 Å². The van der Waals surface area contributed by atoms with Crippen LogP contribution in [0.25, 0.3) is 0 Å². The van der Waals surface area contributed by atoms with Gasteiger partial charge >= 0.3 is 6.61 Å². The zero-order valence-electron chi connectivity index (χ0n) is 12.3. The van der Waals surface area contributed by atoms with Crippen molar-refractivity contribution in [2.45, 2.75) is 39.8 Å². The molecule has 0 amide bonds. The predicted octanol–water partition coefficient (Wildman–Crippen LogP) is 3.82. The number of hydrogen-bond acceptors (Lipinski definition) is 3. The van der Waals surface area contributed by atoms with Crippen LogP contribution in [0.4, 0.5) is 8.78 Å². The van der Waals surface area contributed by atoms with Gasteiger partial charge in [0.25, 0.3) is 0 Å². The van der Waals surface area contributed by atoms with E-state index >= 15 is 0 Å². The van der Waals surface area contributed by atoms with Crippen LogP contribution in [0.5, 0.6) is 11.5 Å². The third-order valence-corrected chi connectivity index (χ3v) is 2.91. The van der Waals surface area contributed by atoms with Gasteiger partial charge in [-0.15, -0.1) is 0 Å². The molecule has 0 saturated carbocycles. The molecule has 0 bridgehead atoms. The molecule has 1 aromatic carbocycles. The van der Waals surface area contributed by atoms with Crippen molar-refractivity contribution in [2.24, 2.45) is 5.92 Å². The number of methoxy groups -OCH3 is 1. The molecule has 0 heterocycles. The highest BCUT2D eigenvalue weighted by Gasteiger charge is 2.11. The summed E-state index contributed by atoms with van der Waals surface area (Å²) in [5.41, 5.74) is 0.894. The average Bonchev–Trinajstić information content (AvgIpc) is 2.37. The summed E-state index contributed by atoms with van der Waals surface area (Å²) in [6, 6.07) is 5.07. The Morgan fingerprint density at radius 2 is 1.95 bits per heavy atom. The smallest absolute Gasteiger partial charge is 0.387 e. The average molecular weight is 287 g/mol. The Morgan fingerprint density at radius 3 is 2.55 bits per heavy atom. The molecule has 1 rings (SSSR count). The van der Waals surface area contributed by atoms with E-state index in [2.05, 4.69) is 23.9 Å². The Labute approximate surface area is 119 Å². The number of ether oxygens (including phenoxy) is 2. The first-order valence-electron chi connectivity index (χ1n) is 6.85. The number of halogens is 2. The van der Waals surface area contributed by atoms with Crippen molar-refractivity contribution in [3.63, 3.8) is 0 Å². The summed E-state index contributed by atoms with van der Waals surface area (Å²) < 4.78 is 34.0. The number of nitrogens with one attached hydrogen (secondary N) is 1. The minimum Gasteiger partial charge on any atom is -0.493 e.